The van der Waals surface area contributed by atoms with Gasteiger partial charge in [0.15, 0.2) is 17.3 Å². The van der Waals surface area contributed by atoms with Gasteiger partial charge in [-0.3, -0.25) is 4.57 Å². The van der Waals surface area contributed by atoms with Crippen LogP contribution in [0.2, 0.25) is 0 Å². The molecule has 0 radical (unpaired) electrons. The monoisotopic (exact) mass is 372 g/mol. The number of hydrogen-bond donors (Lipinski definition) is 0. The first-order chi connectivity index (χ1) is 13.1. The minimum Gasteiger partial charge on any atom is -0.454 e. The van der Waals surface area contributed by atoms with Crippen molar-refractivity contribution >= 4 is 23.1 Å². The summed E-state index contributed by atoms with van der Waals surface area (Å²) in [5.74, 6) is 0.549. The number of hydrogen-bond acceptors (Lipinski definition) is 5. The van der Waals surface area contributed by atoms with Crippen molar-refractivity contribution in [1.29, 1.82) is 0 Å². The van der Waals surface area contributed by atoms with Gasteiger partial charge in [-0.2, -0.15) is 8.78 Å². The number of ether oxygens (including phenoxy) is 3. The average Bonchev–Trinajstić information content (AvgIpc) is 3.28. The lowest BCUT2D eigenvalue weighted by Gasteiger charge is -2.07. The van der Waals surface area contributed by atoms with E-state index in [1.54, 1.807) is 48.5 Å². The number of alkyl halides is 2. The van der Waals surface area contributed by atoms with Crippen LogP contribution in [0.5, 0.6) is 11.5 Å². The molecule has 0 bridgehead atoms. The molecule has 1 aromatic heterocycles. The Morgan fingerprint density at radius 2 is 2.04 bits per heavy atom. The summed E-state index contributed by atoms with van der Waals surface area (Å²) in [6.07, 6.45) is 2.76. The first kappa shape index (κ1) is 17.0. The van der Waals surface area contributed by atoms with Crippen LogP contribution in [0.15, 0.2) is 48.5 Å². The third-order valence-electron chi connectivity index (χ3n) is 4.02. The Balaban J connectivity index is 1.45. The van der Waals surface area contributed by atoms with Gasteiger partial charge in [0.25, 0.3) is 0 Å². The number of para-hydroxylation sites is 2. The molecule has 138 valence electrons. The molecule has 2 aromatic carbocycles. The van der Waals surface area contributed by atoms with Gasteiger partial charge in [0.05, 0.1) is 11.0 Å². The van der Waals surface area contributed by atoms with Crippen molar-refractivity contribution in [3.8, 4) is 11.5 Å². The first-order valence-corrected chi connectivity index (χ1v) is 8.10. The van der Waals surface area contributed by atoms with E-state index in [9.17, 15) is 13.6 Å². The fourth-order valence-electron chi connectivity index (χ4n) is 2.78. The van der Waals surface area contributed by atoms with Gasteiger partial charge in [-0.1, -0.05) is 18.2 Å². The Kier molecular flexibility index (Phi) is 4.45. The molecule has 0 N–H and O–H groups in total. The maximum absolute atomic E-state index is 13.3. The van der Waals surface area contributed by atoms with E-state index in [0.29, 0.717) is 17.0 Å². The Morgan fingerprint density at radius 3 is 2.89 bits per heavy atom. The topological polar surface area (TPSA) is 62.6 Å². The highest BCUT2D eigenvalue weighted by Crippen LogP contribution is 2.32. The summed E-state index contributed by atoms with van der Waals surface area (Å²) in [5, 5.41) is 0. The van der Waals surface area contributed by atoms with Gasteiger partial charge >= 0.3 is 12.5 Å². The Labute approximate surface area is 152 Å². The fourth-order valence-corrected chi connectivity index (χ4v) is 2.78. The highest BCUT2D eigenvalue weighted by Gasteiger charge is 2.18. The summed E-state index contributed by atoms with van der Waals surface area (Å²) in [7, 11) is 0. The Morgan fingerprint density at radius 1 is 1.22 bits per heavy atom. The summed E-state index contributed by atoms with van der Waals surface area (Å²) in [4.78, 5) is 16.0. The molecule has 6 nitrogen and oxygen atoms in total. The van der Waals surface area contributed by atoms with E-state index >= 15 is 0 Å². The summed E-state index contributed by atoms with van der Waals surface area (Å²) in [6, 6.07) is 11.7. The molecule has 0 atom stereocenters. The lowest BCUT2D eigenvalue weighted by atomic mass is 10.2. The summed E-state index contributed by atoms with van der Waals surface area (Å²) >= 11 is 0. The second-order valence-corrected chi connectivity index (χ2v) is 5.72. The number of rotatable bonds is 5. The van der Waals surface area contributed by atoms with E-state index in [1.165, 1.54) is 6.08 Å². The lowest BCUT2D eigenvalue weighted by Crippen LogP contribution is -2.09. The summed E-state index contributed by atoms with van der Waals surface area (Å²) < 4.78 is 43.0. The molecular weight excluding hydrogens is 358 g/mol. The van der Waals surface area contributed by atoms with Crippen LogP contribution in [-0.2, 0) is 16.1 Å². The number of nitrogens with zero attached hydrogens (tertiary/aromatic N) is 2. The third-order valence-corrected chi connectivity index (χ3v) is 4.02. The molecule has 3 aromatic rings. The second-order valence-electron chi connectivity index (χ2n) is 5.72. The van der Waals surface area contributed by atoms with Crippen molar-refractivity contribution in [2.75, 3.05) is 6.79 Å². The smallest absolute Gasteiger partial charge is 0.331 e. The van der Waals surface area contributed by atoms with Gasteiger partial charge in [0.1, 0.15) is 6.61 Å². The lowest BCUT2D eigenvalue weighted by molar-refractivity contribution is -0.139. The van der Waals surface area contributed by atoms with Crippen LogP contribution in [-0.4, -0.2) is 22.3 Å². The molecule has 0 saturated heterocycles. The largest absolute Gasteiger partial charge is 0.454 e. The van der Waals surface area contributed by atoms with Crippen molar-refractivity contribution < 1.29 is 27.8 Å². The van der Waals surface area contributed by atoms with Crippen molar-refractivity contribution in [2.45, 2.75) is 13.2 Å². The normalized spacial score (nSPS) is 13.0. The van der Waals surface area contributed by atoms with E-state index in [2.05, 4.69) is 4.98 Å². The van der Waals surface area contributed by atoms with Crippen molar-refractivity contribution in [3.63, 3.8) is 0 Å². The van der Waals surface area contributed by atoms with Crippen molar-refractivity contribution in [1.82, 2.24) is 9.55 Å². The molecule has 0 unspecified atom stereocenters. The van der Waals surface area contributed by atoms with Gasteiger partial charge in [0, 0.05) is 6.08 Å². The minimum absolute atomic E-state index is 0.0176. The molecule has 27 heavy (non-hydrogen) atoms. The Bertz CT molecular complexity index is 1030. The summed E-state index contributed by atoms with van der Waals surface area (Å²) in [6.45, 7) is -2.98. The van der Waals surface area contributed by atoms with E-state index in [0.717, 1.165) is 10.1 Å². The van der Waals surface area contributed by atoms with Crippen LogP contribution in [0.4, 0.5) is 8.78 Å². The standard InChI is InChI=1S/C19H14F2N2O4/c20-19(21)23-14-4-2-1-3-13(14)22-17(23)10-25-18(24)8-6-12-5-7-15-16(9-12)27-11-26-15/h1-9,19H,10-11H2/b8-6+. The van der Waals surface area contributed by atoms with Crippen LogP contribution >= 0.6 is 0 Å². The number of benzene rings is 2. The molecule has 4 rings (SSSR count). The van der Waals surface area contributed by atoms with Gasteiger partial charge < -0.3 is 14.2 Å². The number of carbonyl (C=O) groups excluding carboxylic acids is 1. The Hall–Kier alpha value is -3.42. The maximum atomic E-state index is 13.3. The number of fused-ring (bicyclic) bond motifs is 2. The van der Waals surface area contributed by atoms with E-state index in [-0.39, 0.29) is 24.7 Å². The van der Waals surface area contributed by atoms with Gasteiger partial charge in [-0.05, 0) is 35.9 Å². The molecule has 0 saturated carbocycles. The SMILES string of the molecule is O=C(/C=C/c1ccc2c(c1)OCO2)OCc1nc2ccccc2n1C(F)F. The zero-order valence-electron chi connectivity index (χ0n) is 14.0. The number of imidazole rings is 1. The van der Waals surface area contributed by atoms with E-state index < -0.39 is 12.5 Å². The molecule has 2 heterocycles. The minimum atomic E-state index is -2.78. The highest BCUT2D eigenvalue weighted by molar-refractivity contribution is 5.87. The predicted molar refractivity (Wildman–Crippen MR) is 92.4 cm³/mol. The van der Waals surface area contributed by atoms with Crippen LogP contribution in [0.3, 0.4) is 0 Å². The van der Waals surface area contributed by atoms with Gasteiger partial charge in [-0.25, -0.2) is 9.78 Å². The molecule has 0 fully saturated rings. The highest BCUT2D eigenvalue weighted by atomic mass is 19.3. The molecule has 1 aliphatic heterocycles. The zero-order valence-corrected chi connectivity index (χ0v) is 14.0. The van der Waals surface area contributed by atoms with Crippen LogP contribution < -0.4 is 9.47 Å². The van der Waals surface area contributed by atoms with Crippen LogP contribution in [0.1, 0.15) is 17.9 Å². The zero-order chi connectivity index (χ0) is 18.8. The fraction of sp³-hybridized carbons (Fsp3) is 0.158. The maximum Gasteiger partial charge on any atom is 0.331 e. The number of esters is 1. The van der Waals surface area contributed by atoms with Crippen molar-refractivity contribution in [3.05, 3.63) is 59.9 Å². The molecule has 0 aliphatic carbocycles. The first-order valence-electron chi connectivity index (χ1n) is 8.10. The van der Waals surface area contributed by atoms with Gasteiger partial charge in [0.2, 0.25) is 6.79 Å². The van der Waals surface area contributed by atoms with Crippen molar-refractivity contribution in [2.24, 2.45) is 0 Å². The van der Waals surface area contributed by atoms with E-state index in [1.807, 2.05) is 0 Å². The third kappa shape index (κ3) is 3.46. The molecule has 0 spiro atoms. The van der Waals surface area contributed by atoms with Gasteiger partial charge in [-0.15, -0.1) is 0 Å². The molecule has 8 heteroatoms. The predicted octanol–water partition coefficient (Wildman–Crippen LogP) is 3.92. The quantitative estimate of drug-likeness (QED) is 0.502. The number of carbonyl (C=O) groups is 1. The molecular formula is C19H14F2N2O4. The molecule has 1 aliphatic rings. The van der Waals surface area contributed by atoms with E-state index in [4.69, 9.17) is 14.2 Å². The number of aromatic nitrogens is 2. The van der Waals surface area contributed by atoms with Crippen LogP contribution in [0.25, 0.3) is 17.1 Å². The number of halogens is 2. The second kappa shape index (κ2) is 7.06. The average molecular weight is 372 g/mol. The summed E-state index contributed by atoms with van der Waals surface area (Å²) in [5.41, 5.74) is 1.42. The molecule has 0 amide bonds. The van der Waals surface area contributed by atoms with Crippen LogP contribution in [0, 0.1) is 0 Å².